The van der Waals surface area contributed by atoms with E-state index in [1.165, 1.54) is 0 Å². The van der Waals surface area contributed by atoms with Crippen LogP contribution in [0.25, 0.3) is 0 Å². The molecule has 0 spiro atoms. The van der Waals surface area contributed by atoms with Gasteiger partial charge in [0.1, 0.15) is 5.82 Å². The van der Waals surface area contributed by atoms with Crippen molar-refractivity contribution < 1.29 is 4.79 Å². The molecule has 1 aliphatic heterocycles. The largest absolute Gasteiger partial charge is 0.355 e. The highest BCUT2D eigenvalue weighted by molar-refractivity contribution is 7.98. The molecular weight excluding hydrogens is 284 g/mol. The molecule has 1 aromatic rings. The molecule has 6 heteroatoms. The van der Waals surface area contributed by atoms with Gasteiger partial charge in [0.15, 0.2) is 0 Å². The van der Waals surface area contributed by atoms with Gasteiger partial charge in [-0.05, 0) is 19.1 Å². The first-order chi connectivity index (χ1) is 9.94. The predicted molar refractivity (Wildman–Crippen MR) is 88.7 cm³/mol. The van der Waals surface area contributed by atoms with E-state index in [1.807, 2.05) is 44.1 Å². The van der Waals surface area contributed by atoms with Gasteiger partial charge in [-0.3, -0.25) is 9.48 Å². The summed E-state index contributed by atoms with van der Waals surface area (Å²) in [6.07, 6.45) is 6.01. The minimum absolute atomic E-state index is 0.161. The standard InChI is InChI=1S/C15H26N4OS/c1-15(2,11-21-4)14(20)17-12-6-5-9-19(10-12)13-7-8-16-18(13)3/h7-8,12H,5-6,9-11H2,1-4H3,(H,17,20)/t12-/m0/s1. The zero-order valence-corrected chi connectivity index (χ0v) is 14.2. The molecule has 1 atom stereocenters. The fourth-order valence-corrected chi connectivity index (χ4v) is 3.64. The van der Waals surface area contributed by atoms with E-state index in [9.17, 15) is 4.79 Å². The lowest BCUT2D eigenvalue weighted by atomic mass is 9.94. The van der Waals surface area contributed by atoms with Crippen LogP contribution >= 0.6 is 11.8 Å². The van der Waals surface area contributed by atoms with E-state index in [-0.39, 0.29) is 17.4 Å². The number of carbonyl (C=O) groups is 1. The number of thioether (sulfide) groups is 1. The van der Waals surface area contributed by atoms with Crippen molar-refractivity contribution in [3.8, 4) is 0 Å². The third-order valence-corrected chi connectivity index (χ3v) is 5.01. The minimum Gasteiger partial charge on any atom is -0.355 e. The molecule has 118 valence electrons. The normalized spacial score (nSPS) is 19.6. The van der Waals surface area contributed by atoms with Crippen molar-refractivity contribution in [2.75, 3.05) is 30.0 Å². The summed E-state index contributed by atoms with van der Waals surface area (Å²) in [7, 11) is 1.96. The predicted octanol–water partition coefficient (Wildman–Crippen LogP) is 1.89. The van der Waals surface area contributed by atoms with E-state index >= 15 is 0 Å². The lowest BCUT2D eigenvalue weighted by Gasteiger charge is -2.36. The summed E-state index contributed by atoms with van der Waals surface area (Å²) in [5.41, 5.74) is -0.311. The van der Waals surface area contributed by atoms with Gasteiger partial charge in [0.2, 0.25) is 5.91 Å². The van der Waals surface area contributed by atoms with Gasteiger partial charge in [0.25, 0.3) is 0 Å². The van der Waals surface area contributed by atoms with Crippen LogP contribution < -0.4 is 10.2 Å². The zero-order valence-electron chi connectivity index (χ0n) is 13.4. The SMILES string of the molecule is CSCC(C)(C)C(=O)N[C@H]1CCCN(c2ccnn2C)C1. The van der Waals surface area contributed by atoms with Gasteiger partial charge in [-0.1, -0.05) is 13.8 Å². The molecular formula is C15H26N4OS. The third-order valence-electron chi connectivity index (χ3n) is 4.00. The second kappa shape index (κ2) is 6.73. The summed E-state index contributed by atoms with van der Waals surface area (Å²) in [6.45, 7) is 5.92. The molecule has 0 unspecified atom stereocenters. The highest BCUT2D eigenvalue weighted by atomic mass is 32.2. The van der Waals surface area contributed by atoms with Crippen molar-refractivity contribution in [3.05, 3.63) is 12.3 Å². The lowest BCUT2D eigenvalue weighted by molar-refractivity contribution is -0.129. The summed E-state index contributed by atoms with van der Waals surface area (Å²) in [5, 5.41) is 7.46. The number of nitrogens with zero attached hydrogens (tertiary/aromatic N) is 3. The fourth-order valence-electron chi connectivity index (χ4n) is 2.79. The summed E-state index contributed by atoms with van der Waals surface area (Å²) in [4.78, 5) is 14.7. The van der Waals surface area contributed by atoms with Crippen molar-refractivity contribution in [1.82, 2.24) is 15.1 Å². The number of piperidine rings is 1. The molecule has 0 saturated carbocycles. The molecule has 1 saturated heterocycles. The van der Waals surface area contributed by atoms with Crippen LogP contribution in [0.3, 0.4) is 0 Å². The van der Waals surface area contributed by atoms with Crippen molar-refractivity contribution in [3.63, 3.8) is 0 Å². The first-order valence-electron chi connectivity index (χ1n) is 7.47. The van der Waals surface area contributed by atoms with Crippen molar-refractivity contribution in [2.24, 2.45) is 12.5 Å². The number of anilines is 1. The smallest absolute Gasteiger partial charge is 0.226 e. The maximum Gasteiger partial charge on any atom is 0.226 e. The van der Waals surface area contributed by atoms with Gasteiger partial charge in [-0.25, -0.2) is 0 Å². The quantitative estimate of drug-likeness (QED) is 0.902. The molecule has 0 radical (unpaired) electrons. The first kappa shape index (κ1) is 16.2. The van der Waals surface area contributed by atoms with E-state index in [0.717, 1.165) is 37.5 Å². The molecule has 0 bridgehead atoms. The summed E-state index contributed by atoms with van der Waals surface area (Å²) >= 11 is 1.72. The Morgan fingerprint density at radius 3 is 2.95 bits per heavy atom. The Kier molecular flexibility index (Phi) is 5.19. The average molecular weight is 310 g/mol. The van der Waals surface area contributed by atoms with Crippen LogP contribution in [0.2, 0.25) is 0 Å². The van der Waals surface area contributed by atoms with Gasteiger partial charge >= 0.3 is 0 Å². The molecule has 1 fully saturated rings. The van der Waals surface area contributed by atoms with Gasteiger partial charge in [0, 0.05) is 38.0 Å². The second-order valence-electron chi connectivity index (χ2n) is 6.39. The Morgan fingerprint density at radius 2 is 2.33 bits per heavy atom. The number of hydrogen-bond donors (Lipinski definition) is 1. The maximum atomic E-state index is 12.4. The number of amides is 1. The number of rotatable bonds is 5. The topological polar surface area (TPSA) is 50.2 Å². The number of aromatic nitrogens is 2. The molecule has 21 heavy (non-hydrogen) atoms. The summed E-state index contributed by atoms with van der Waals surface area (Å²) < 4.78 is 1.89. The van der Waals surface area contributed by atoms with E-state index < -0.39 is 0 Å². The van der Waals surface area contributed by atoms with Crippen molar-refractivity contribution >= 4 is 23.5 Å². The monoisotopic (exact) mass is 310 g/mol. The van der Waals surface area contributed by atoms with Crippen LogP contribution in [0.5, 0.6) is 0 Å². The summed E-state index contributed by atoms with van der Waals surface area (Å²) in [6, 6.07) is 2.25. The average Bonchev–Trinajstić information content (AvgIpc) is 2.85. The molecule has 1 aliphatic rings. The molecule has 0 aromatic carbocycles. The van der Waals surface area contributed by atoms with E-state index in [0.29, 0.717) is 0 Å². The van der Waals surface area contributed by atoms with Crippen molar-refractivity contribution in [1.29, 1.82) is 0 Å². The van der Waals surface area contributed by atoms with E-state index in [4.69, 9.17) is 0 Å². The molecule has 1 N–H and O–H groups in total. The number of aryl methyl sites for hydroxylation is 1. The molecule has 1 amide bonds. The van der Waals surface area contributed by atoms with Crippen LogP contribution in [0.4, 0.5) is 5.82 Å². The Balaban J connectivity index is 1.96. The molecule has 2 heterocycles. The Labute approximate surface area is 131 Å². The minimum atomic E-state index is -0.311. The van der Waals surface area contributed by atoms with Crippen LogP contribution in [0.15, 0.2) is 12.3 Å². The van der Waals surface area contributed by atoms with Gasteiger partial charge < -0.3 is 10.2 Å². The van der Waals surface area contributed by atoms with Crippen LogP contribution in [-0.2, 0) is 11.8 Å². The molecule has 2 rings (SSSR count). The number of nitrogens with one attached hydrogen (secondary N) is 1. The van der Waals surface area contributed by atoms with Crippen LogP contribution in [0, 0.1) is 5.41 Å². The Bertz CT molecular complexity index is 486. The molecule has 0 aliphatic carbocycles. The molecule has 5 nitrogen and oxygen atoms in total. The van der Waals surface area contributed by atoms with Crippen LogP contribution in [0.1, 0.15) is 26.7 Å². The van der Waals surface area contributed by atoms with Crippen molar-refractivity contribution in [2.45, 2.75) is 32.7 Å². The van der Waals surface area contributed by atoms with Gasteiger partial charge in [-0.2, -0.15) is 16.9 Å². The second-order valence-corrected chi connectivity index (χ2v) is 7.25. The van der Waals surface area contributed by atoms with E-state index in [1.54, 1.807) is 11.8 Å². The Morgan fingerprint density at radius 1 is 1.57 bits per heavy atom. The lowest BCUT2D eigenvalue weighted by Crippen LogP contribution is -2.51. The van der Waals surface area contributed by atoms with E-state index in [2.05, 4.69) is 15.3 Å². The number of hydrogen-bond acceptors (Lipinski definition) is 4. The van der Waals surface area contributed by atoms with Gasteiger partial charge in [-0.15, -0.1) is 0 Å². The third kappa shape index (κ3) is 3.93. The maximum absolute atomic E-state index is 12.4. The molecule has 1 aromatic heterocycles. The zero-order chi connectivity index (χ0) is 15.5. The van der Waals surface area contributed by atoms with Gasteiger partial charge in [0.05, 0.1) is 11.6 Å². The highest BCUT2D eigenvalue weighted by Gasteiger charge is 2.30. The number of carbonyl (C=O) groups excluding carboxylic acids is 1. The Hall–Kier alpha value is -1.17. The van der Waals surface area contributed by atoms with Crippen LogP contribution in [-0.4, -0.2) is 46.8 Å². The highest BCUT2D eigenvalue weighted by Crippen LogP contribution is 2.23. The first-order valence-corrected chi connectivity index (χ1v) is 8.86. The fraction of sp³-hybridized carbons (Fsp3) is 0.733. The summed E-state index contributed by atoms with van der Waals surface area (Å²) in [5.74, 6) is 2.13.